The summed E-state index contributed by atoms with van der Waals surface area (Å²) in [6, 6.07) is 67.9. The van der Waals surface area contributed by atoms with Crippen molar-refractivity contribution < 1.29 is 9.47 Å². The molecule has 352 valence electrons. The Morgan fingerprint density at radius 2 is 0.808 bits per heavy atom. The molecule has 4 nitrogen and oxygen atoms in total. The van der Waals surface area contributed by atoms with E-state index in [-0.39, 0.29) is 5.41 Å². The number of nitrogens with zero attached hydrogens (tertiary/aromatic N) is 2. The van der Waals surface area contributed by atoms with Crippen molar-refractivity contribution in [3.8, 4) is 35.2 Å². The summed E-state index contributed by atoms with van der Waals surface area (Å²) in [5, 5.41) is 4.56. The fraction of sp³-hybridized carbons (Fsp3) is 0.159. The van der Waals surface area contributed by atoms with Crippen molar-refractivity contribution in [1.82, 2.24) is 9.97 Å². The molecule has 2 atom stereocenters. The van der Waals surface area contributed by atoms with Gasteiger partial charge in [0.05, 0.1) is 10.8 Å². The first-order valence-electron chi connectivity index (χ1n) is 25.2. The van der Waals surface area contributed by atoms with E-state index in [2.05, 4.69) is 242 Å². The third-order valence-electron chi connectivity index (χ3n) is 15.8. The molecule has 0 radical (unpaired) electrons. The van der Waals surface area contributed by atoms with Gasteiger partial charge in [-0.25, -0.2) is 0 Å². The van der Waals surface area contributed by atoms with E-state index < -0.39 is 10.8 Å². The van der Waals surface area contributed by atoms with Crippen molar-refractivity contribution >= 4 is 21.5 Å². The van der Waals surface area contributed by atoms with Gasteiger partial charge >= 0.3 is 0 Å². The van der Waals surface area contributed by atoms with Crippen LogP contribution in [0.4, 0.5) is 0 Å². The Morgan fingerprint density at radius 3 is 1.25 bits per heavy atom. The van der Waals surface area contributed by atoms with Gasteiger partial charge in [0.1, 0.15) is 24.7 Å². The molecule has 2 aliphatic rings. The Hall–Kier alpha value is -8.70. The molecule has 2 heterocycles. The standard InChI is InChI=1S/C69H54N2O2/c1-5-7-37-72-61-31-19-47-41-59(21-17-49(47)43-61)68(63-15-11-9-13-51(63)39-53-45-70-35-33-65(53)68)57-27-23-55(24-28-57)67(3,4)56-25-29-58(30-26-56)69(64-16-12-10-14-52(64)40-54-46-71-36-34-66(54)69)60-22-18-50-44-62(73-38-8-6-2)32-20-48(50)42-60/h9-36,41-46H,37-40H2,1-4H3. The van der Waals surface area contributed by atoms with Gasteiger partial charge in [-0.1, -0.05) is 159 Å². The molecule has 0 saturated carbocycles. The first-order valence-corrected chi connectivity index (χ1v) is 25.2. The number of ether oxygens (including phenoxy) is 2. The Balaban J connectivity index is 0.957. The van der Waals surface area contributed by atoms with Crippen LogP contribution in [0.25, 0.3) is 21.5 Å². The highest BCUT2D eigenvalue weighted by Crippen LogP contribution is 2.53. The number of hydrogen-bond acceptors (Lipinski definition) is 4. The van der Waals surface area contributed by atoms with Crippen LogP contribution in [0.1, 0.15) is 106 Å². The minimum absolute atomic E-state index is 0.327. The summed E-state index contributed by atoms with van der Waals surface area (Å²) in [4.78, 5) is 9.33. The van der Waals surface area contributed by atoms with Crippen LogP contribution in [-0.4, -0.2) is 23.2 Å². The number of hydrogen-bond donors (Lipinski definition) is 0. The SMILES string of the molecule is CC#CCOc1ccc2cc(C3(c4ccc(C(C)(C)c5ccc(C6(c7ccc8cc(OCC#CC)ccc8c7)c7ccccc7Cc7cnccc76)cc5)cc4)c4ccccc4Cc4cnccc43)ccc2c1. The molecule has 2 aromatic heterocycles. The van der Waals surface area contributed by atoms with Crippen LogP contribution in [0.2, 0.25) is 0 Å². The summed E-state index contributed by atoms with van der Waals surface area (Å²) in [5.74, 6) is 13.5. The first kappa shape index (κ1) is 45.4. The van der Waals surface area contributed by atoms with Crippen LogP contribution in [0.15, 0.2) is 207 Å². The molecule has 0 amide bonds. The quantitative estimate of drug-likeness (QED) is 0.128. The van der Waals surface area contributed by atoms with Crippen molar-refractivity contribution in [2.75, 3.05) is 13.2 Å². The second kappa shape index (κ2) is 18.5. The molecule has 0 fully saturated rings. The lowest BCUT2D eigenvalue weighted by atomic mass is 9.59. The minimum atomic E-state index is -0.587. The Morgan fingerprint density at radius 1 is 0.425 bits per heavy atom. The molecular formula is C69H54N2O2. The molecule has 12 rings (SSSR count). The predicted molar refractivity (Wildman–Crippen MR) is 296 cm³/mol. The predicted octanol–water partition coefficient (Wildman–Crippen LogP) is 14.5. The van der Waals surface area contributed by atoms with E-state index in [4.69, 9.17) is 9.47 Å². The molecular weight excluding hydrogens is 889 g/mol. The number of aromatic nitrogens is 2. The molecule has 73 heavy (non-hydrogen) atoms. The number of benzene rings is 8. The molecule has 4 heteroatoms. The van der Waals surface area contributed by atoms with Crippen LogP contribution in [0, 0.1) is 23.7 Å². The van der Waals surface area contributed by atoms with E-state index in [0.29, 0.717) is 13.2 Å². The van der Waals surface area contributed by atoms with E-state index in [1.165, 1.54) is 77.9 Å². The summed E-state index contributed by atoms with van der Waals surface area (Å²) < 4.78 is 11.9. The van der Waals surface area contributed by atoms with E-state index >= 15 is 0 Å². The zero-order valence-corrected chi connectivity index (χ0v) is 41.7. The summed E-state index contributed by atoms with van der Waals surface area (Å²) in [6.45, 7) is 9.10. The van der Waals surface area contributed by atoms with Crippen LogP contribution in [0.3, 0.4) is 0 Å². The average Bonchev–Trinajstić information content (AvgIpc) is 3.44. The number of fused-ring (bicyclic) bond motifs is 6. The highest BCUT2D eigenvalue weighted by molar-refractivity contribution is 5.87. The fourth-order valence-corrected chi connectivity index (χ4v) is 12.1. The molecule has 2 unspecified atom stereocenters. The lowest BCUT2D eigenvalue weighted by Crippen LogP contribution is -2.36. The van der Waals surface area contributed by atoms with Crippen LogP contribution in [-0.2, 0) is 29.1 Å². The minimum Gasteiger partial charge on any atom is -0.481 e. The molecule has 2 aliphatic carbocycles. The van der Waals surface area contributed by atoms with Crippen molar-refractivity contribution in [1.29, 1.82) is 0 Å². The molecule has 0 bridgehead atoms. The fourth-order valence-electron chi connectivity index (χ4n) is 12.1. The highest BCUT2D eigenvalue weighted by Gasteiger charge is 2.46. The monoisotopic (exact) mass is 942 g/mol. The number of rotatable bonds is 10. The van der Waals surface area contributed by atoms with Gasteiger partial charge in [0.2, 0.25) is 0 Å². The Bertz CT molecular complexity index is 3540. The lowest BCUT2D eigenvalue weighted by molar-refractivity contribution is 0.370. The summed E-state index contributed by atoms with van der Waals surface area (Å²) in [5.41, 5.74) is 16.1. The second-order valence-electron chi connectivity index (χ2n) is 19.9. The maximum absolute atomic E-state index is 5.97. The van der Waals surface area contributed by atoms with E-state index in [1.54, 1.807) is 0 Å². The highest BCUT2D eigenvalue weighted by atomic mass is 16.5. The lowest BCUT2D eigenvalue weighted by Gasteiger charge is -2.43. The van der Waals surface area contributed by atoms with Crippen molar-refractivity contribution in [2.45, 2.75) is 56.8 Å². The summed E-state index contributed by atoms with van der Waals surface area (Å²) >= 11 is 0. The smallest absolute Gasteiger partial charge is 0.149 e. The number of pyridine rings is 2. The Labute approximate surface area is 428 Å². The van der Waals surface area contributed by atoms with Crippen molar-refractivity contribution in [3.05, 3.63) is 285 Å². The zero-order valence-electron chi connectivity index (χ0n) is 41.7. The maximum Gasteiger partial charge on any atom is 0.149 e. The van der Waals surface area contributed by atoms with E-state index in [0.717, 1.165) is 45.9 Å². The van der Waals surface area contributed by atoms with Crippen molar-refractivity contribution in [3.63, 3.8) is 0 Å². The molecule has 8 aromatic carbocycles. The molecule has 0 aliphatic heterocycles. The molecule has 0 saturated heterocycles. The van der Waals surface area contributed by atoms with Gasteiger partial charge in [-0.2, -0.15) is 0 Å². The van der Waals surface area contributed by atoms with E-state index in [1.807, 2.05) is 26.2 Å². The van der Waals surface area contributed by atoms with Gasteiger partial charge in [-0.3, -0.25) is 9.97 Å². The van der Waals surface area contributed by atoms with Gasteiger partial charge in [0.15, 0.2) is 0 Å². The maximum atomic E-state index is 5.97. The van der Waals surface area contributed by atoms with Gasteiger partial charge in [-0.05, 0) is 175 Å². The average molecular weight is 943 g/mol. The zero-order chi connectivity index (χ0) is 49.6. The normalized spacial score (nSPS) is 16.4. The third kappa shape index (κ3) is 7.57. The largest absolute Gasteiger partial charge is 0.481 e. The summed E-state index contributed by atoms with van der Waals surface area (Å²) in [6.07, 6.45) is 9.70. The van der Waals surface area contributed by atoms with Gasteiger partial charge in [0.25, 0.3) is 0 Å². The van der Waals surface area contributed by atoms with Gasteiger partial charge < -0.3 is 9.47 Å². The van der Waals surface area contributed by atoms with E-state index in [9.17, 15) is 0 Å². The van der Waals surface area contributed by atoms with Gasteiger partial charge in [0, 0.05) is 30.2 Å². The topological polar surface area (TPSA) is 44.2 Å². The molecule has 0 N–H and O–H groups in total. The van der Waals surface area contributed by atoms with Gasteiger partial charge in [-0.15, -0.1) is 11.8 Å². The summed E-state index contributed by atoms with van der Waals surface area (Å²) in [7, 11) is 0. The second-order valence-corrected chi connectivity index (χ2v) is 19.9. The Kier molecular flexibility index (Phi) is 11.5. The first-order chi connectivity index (χ1) is 35.8. The third-order valence-corrected chi connectivity index (χ3v) is 15.8. The van der Waals surface area contributed by atoms with Crippen LogP contribution < -0.4 is 9.47 Å². The van der Waals surface area contributed by atoms with Crippen molar-refractivity contribution in [2.24, 2.45) is 0 Å². The molecule has 0 spiro atoms. The molecule has 10 aromatic rings. The van der Waals surface area contributed by atoms with Crippen LogP contribution >= 0.6 is 0 Å². The van der Waals surface area contributed by atoms with Crippen LogP contribution in [0.5, 0.6) is 11.5 Å².